The topological polar surface area (TPSA) is 55.2 Å². The minimum absolute atomic E-state index is 0.171. The van der Waals surface area contributed by atoms with Crippen molar-refractivity contribution < 1.29 is 4.92 Å². The SMILES string of the molecule is CC(Nc1ccc(C)cc1)=C(S)[N+](=O)[O-]. The number of nitrogens with one attached hydrogen (secondary N) is 1. The van der Waals surface area contributed by atoms with E-state index in [9.17, 15) is 10.1 Å². The summed E-state index contributed by atoms with van der Waals surface area (Å²) in [5, 5.41) is 13.2. The lowest BCUT2D eigenvalue weighted by molar-refractivity contribution is -0.411. The van der Waals surface area contributed by atoms with Crippen molar-refractivity contribution in [2.24, 2.45) is 0 Å². The molecule has 0 spiro atoms. The standard InChI is InChI=1S/C10H12N2O2S/c1-7-3-5-9(6-4-7)11-8(2)10(15)12(13)14/h3-6,11,15H,1-2H3. The molecule has 0 aromatic heterocycles. The highest BCUT2D eigenvalue weighted by Crippen LogP contribution is 2.15. The summed E-state index contributed by atoms with van der Waals surface area (Å²) >= 11 is 3.79. The second-order valence-corrected chi connectivity index (χ2v) is 3.62. The van der Waals surface area contributed by atoms with Gasteiger partial charge in [-0.15, -0.1) is 0 Å². The van der Waals surface area contributed by atoms with E-state index < -0.39 is 4.92 Å². The van der Waals surface area contributed by atoms with E-state index in [0.29, 0.717) is 5.70 Å². The first-order valence-corrected chi connectivity index (χ1v) is 4.83. The lowest BCUT2D eigenvalue weighted by Crippen LogP contribution is -2.03. The first-order chi connectivity index (χ1) is 7.00. The van der Waals surface area contributed by atoms with E-state index in [1.54, 1.807) is 6.92 Å². The number of benzene rings is 1. The fourth-order valence-corrected chi connectivity index (χ4v) is 1.10. The Balaban J connectivity index is 2.83. The van der Waals surface area contributed by atoms with E-state index in [2.05, 4.69) is 17.9 Å². The molecule has 0 aliphatic carbocycles. The van der Waals surface area contributed by atoms with Gasteiger partial charge in [0, 0.05) is 5.69 Å². The van der Waals surface area contributed by atoms with Crippen LogP contribution < -0.4 is 5.32 Å². The Bertz CT molecular complexity index is 398. The molecule has 0 unspecified atom stereocenters. The van der Waals surface area contributed by atoms with Crippen LogP contribution in [0.5, 0.6) is 0 Å². The zero-order chi connectivity index (χ0) is 11.4. The molecule has 0 bridgehead atoms. The highest BCUT2D eigenvalue weighted by molar-refractivity contribution is 7.84. The van der Waals surface area contributed by atoms with Gasteiger partial charge in [0.1, 0.15) is 0 Å². The van der Waals surface area contributed by atoms with Crippen molar-refractivity contribution >= 4 is 18.3 Å². The largest absolute Gasteiger partial charge is 0.353 e. The number of nitro groups is 1. The fraction of sp³-hybridized carbons (Fsp3) is 0.200. The predicted octanol–water partition coefficient (Wildman–Crippen LogP) is 2.80. The van der Waals surface area contributed by atoms with Gasteiger partial charge in [0.2, 0.25) is 0 Å². The van der Waals surface area contributed by atoms with Crippen molar-refractivity contribution in [3.63, 3.8) is 0 Å². The van der Waals surface area contributed by atoms with Crippen LogP contribution in [0.15, 0.2) is 35.0 Å². The molecule has 0 saturated carbocycles. The van der Waals surface area contributed by atoms with Crippen molar-refractivity contribution in [2.75, 3.05) is 5.32 Å². The summed E-state index contributed by atoms with van der Waals surface area (Å²) in [4.78, 5) is 9.89. The molecular weight excluding hydrogens is 212 g/mol. The number of hydrogen-bond donors (Lipinski definition) is 2. The highest BCUT2D eigenvalue weighted by Gasteiger charge is 2.09. The van der Waals surface area contributed by atoms with Crippen LogP contribution in [0.3, 0.4) is 0 Å². The van der Waals surface area contributed by atoms with Gasteiger partial charge in [-0.05, 0) is 26.0 Å². The van der Waals surface area contributed by atoms with Gasteiger partial charge in [0.15, 0.2) is 0 Å². The van der Waals surface area contributed by atoms with Crippen molar-refractivity contribution in [2.45, 2.75) is 13.8 Å². The highest BCUT2D eigenvalue weighted by atomic mass is 32.1. The third kappa shape index (κ3) is 3.28. The molecule has 1 aromatic rings. The zero-order valence-electron chi connectivity index (χ0n) is 8.52. The fourth-order valence-electron chi connectivity index (χ4n) is 1.05. The number of aryl methyl sites for hydroxylation is 1. The number of anilines is 1. The molecule has 0 fully saturated rings. The van der Waals surface area contributed by atoms with E-state index in [0.717, 1.165) is 11.3 Å². The van der Waals surface area contributed by atoms with Crippen LogP contribution >= 0.6 is 12.6 Å². The Morgan fingerprint density at radius 1 is 1.40 bits per heavy atom. The van der Waals surface area contributed by atoms with Crippen LogP contribution in [0.4, 0.5) is 5.69 Å². The van der Waals surface area contributed by atoms with Crippen LogP contribution in [0.25, 0.3) is 0 Å². The van der Waals surface area contributed by atoms with Crippen molar-refractivity contribution in [1.82, 2.24) is 0 Å². The molecule has 5 heteroatoms. The van der Waals surface area contributed by atoms with Crippen LogP contribution in [-0.4, -0.2) is 4.92 Å². The molecule has 1 aromatic carbocycles. The van der Waals surface area contributed by atoms with Gasteiger partial charge >= 0.3 is 5.03 Å². The molecule has 0 aliphatic heterocycles. The average Bonchev–Trinajstić information content (AvgIpc) is 2.20. The van der Waals surface area contributed by atoms with E-state index in [1.165, 1.54) is 0 Å². The number of nitrogens with zero attached hydrogens (tertiary/aromatic N) is 1. The number of rotatable bonds is 3. The van der Waals surface area contributed by atoms with E-state index in [4.69, 9.17) is 0 Å². The molecule has 0 radical (unpaired) electrons. The maximum atomic E-state index is 10.4. The Kier molecular flexibility index (Phi) is 3.74. The molecule has 1 rings (SSSR count). The van der Waals surface area contributed by atoms with Crippen molar-refractivity contribution in [3.8, 4) is 0 Å². The number of allylic oxidation sites excluding steroid dienone is 1. The van der Waals surface area contributed by atoms with Crippen LogP contribution in [0.1, 0.15) is 12.5 Å². The Hall–Kier alpha value is -1.49. The maximum Gasteiger partial charge on any atom is 0.318 e. The predicted molar refractivity (Wildman–Crippen MR) is 63.5 cm³/mol. The molecule has 0 amide bonds. The van der Waals surface area contributed by atoms with Gasteiger partial charge in [0.05, 0.1) is 10.6 Å². The molecule has 4 nitrogen and oxygen atoms in total. The van der Waals surface area contributed by atoms with Gasteiger partial charge < -0.3 is 5.32 Å². The van der Waals surface area contributed by atoms with Gasteiger partial charge in [0.25, 0.3) is 0 Å². The Labute approximate surface area is 93.6 Å². The molecule has 0 saturated heterocycles. The van der Waals surface area contributed by atoms with Crippen molar-refractivity contribution in [1.29, 1.82) is 0 Å². The summed E-state index contributed by atoms with van der Waals surface area (Å²) in [6.45, 7) is 3.60. The smallest absolute Gasteiger partial charge is 0.318 e. The van der Waals surface area contributed by atoms with Crippen LogP contribution in [0.2, 0.25) is 0 Å². The van der Waals surface area contributed by atoms with Crippen molar-refractivity contribution in [3.05, 3.63) is 50.7 Å². The summed E-state index contributed by atoms with van der Waals surface area (Å²) < 4.78 is 0. The molecule has 0 heterocycles. The quantitative estimate of drug-likeness (QED) is 0.471. The van der Waals surface area contributed by atoms with Crippen LogP contribution in [-0.2, 0) is 0 Å². The van der Waals surface area contributed by atoms with Crippen LogP contribution in [0, 0.1) is 17.0 Å². The lowest BCUT2D eigenvalue weighted by atomic mass is 10.2. The second kappa shape index (κ2) is 4.84. The maximum absolute atomic E-state index is 10.4. The average molecular weight is 224 g/mol. The second-order valence-electron chi connectivity index (χ2n) is 3.20. The molecule has 0 aliphatic rings. The molecule has 1 N–H and O–H groups in total. The number of thiol groups is 1. The summed E-state index contributed by atoms with van der Waals surface area (Å²) in [6.07, 6.45) is 0. The molecule has 15 heavy (non-hydrogen) atoms. The summed E-state index contributed by atoms with van der Waals surface area (Å²) in [5.74, 6) is 0. The molecule has 0 atom stereocenters. The Morgan fingerprint density at radius 3 is 2.40 bits per heavy atom. The van der Waals surface area contributed by atoms with Gasteiger partial charge in [-0.1, -0.05) is 30.3 Å². The molecule has 80 valence electrons. The zero-order valence-corrected chi connectivity index (χ0v) is 9.41. The summed E-state index contributed by atoms with van der Waals surface area (Å²) in [7, 11) is 0. The van der Waals surface area contributed by atoms with Gasteiger partial charge in [-0.3, -0.25) is 10.1 Å². The Morgan fingerprint density at radius 2 is 1.93 bits per heavy atom. The summed E-state index contributed by atoms with van der Waals surface area (Å²) in [6, 6.07) is 7.58. The first-order valence-electron chi connectivity index (χ1n) is 4.38. The van der Waals surface area contributed by atoms with Gasteiger partial charge in [-0.25, -0.2) is 0 Å². The van der Waals surface area contributed by atoms with E-state index in [1.807, 2.05) is 31.2 Å². The first kappa shape index (κ1) is 11.6. The third-order valence-electron chi connectivity index (χ3n) is 1.89. The monoisotopic (exact) mass is 224 g/mol. The lowest BCUT2D eigenvalue weighted by Gasteiger charge is -2.05. The minimum atomic E-state index is -0.528. The number of hydrogen-bond acceptors (Lipinski definition) is 4. The van der Waals surface area contributed by atoms with Gasteiger partial charge in [-0.2, -0.15) is 0 Å². The normalized spacial score (nSPS) is 11.9. The minimum Gasteiger partial charge on any atom is -0.353 e. The summed E-state index contributed by atoms with van der Waals surface area (Å²) in [5.41, 5.74) is 2.38. The van der Waals surface area contributed by atoms with E-state index in [-0.39, 0.29) is 5.03 Å². The third-order valence-corrected chi connectivity index (χ3v) is 2.39. The molecular formula is C10H12N2O2S. The van der Waals surface area contributed by atoms with E-state index >= 15 is 0 Å².